The molecule has 0 saturated carbocycles. The minimum Gasteiger partial charge on any atom is -0.492 e. The summed E-state index contributed by atoms with van der Waals surface area (Å²) in [7, 11) is 1.60. The molecule has 2 aliphatic rings. The van der Waals surface area contributed by atoms with E-state index in [9.17, 15) is 4.79 Å². The Hall–Kier alpha value is -1.61. The lowest BCUT2D eigenvalue weighted by Gasteiger charge is -2.28. The average Bonchev–Trinajstić information content (AvgIpc) is 2.94. The Kier molecular flexibility index (Phi) is 7.12. The van der Waals surface area contributed by atoms with Crippen molar-refractivity contribution >= 4 is 40.3 Å². The van der Waals surface area contributed by atoms with E-state index in [1.165, 1.54) is 11.8 Å². The average molecular weight is 409 g/mol. The zero-order valence-corrected chi connectivity index (χ0v) is 17.2. The second-order valence-electron chi connectivity index (χ2n) is 6.10. The van der Waals surface area contributed by atoms with Crippen molar-refractivity contribution in [1.29, 1.82) is 0 Å². The molecule has 2 fully saturated rings. The fourth-order valence-corrected chi connectivity index (χ4v) is 4.33. The highest BCUT2D eigenvalue weighted by atomic mass is 32.2. The third-order valence-corrected chi connectivity index (χ3v) is 5.79. The van der Waals surface area contributed by atoms with Crippen LogP contribution >= 0.6 is 24.0 Å². The standard InChI is InChI=1S/C19H24N2O4S2/c1-3-25-15-6-4-5-14(17(15)23-2)13-16-18(22)21(19(26)27-16)8-7-20-9-11-24-12-10-20/h4-6,13H,3,7-12H2,1-2H3. The molecule has 0 N–H and O–H groups in total. The summed E-state index contributed by atoms with van der Waals surface area (Å²) >= 11 is 6.77. The SMILES string of the molecule is CCOc1cccc(C=C2SC(=S)N(CCN3CCOCC3)C2=O)c1OC. The molecule has 27 heavy (non-hydrogen) atoms. The number of benzene rings is 1. The van der Waals surface area contributed by atoms with Gasteiger partial charge < -0.3 is 14.2 Å². The summed E-state index contributed by atoms with van der Waals surface area (Å²) in [6.45, 7) is 7.14. The molecule has 6 nitrogen and oxygen atoms in total. The van der Waals surface area contributed by atoms with Gasteiger partial charge in [0.1, 0.15) is 4.32 Å². The van der Waals surface area contributed by atoms with Crippen LogP contribution in [-0.2, 0) is 9.53 Å². The lowest BCUT2D eigenvalue weighted by atomic mass is 10.1. The first-order valence-electron chi connectivity index (χ1n) is 8.99. The molecule has 0 radical (unpaired) electrons. The number of ether oxygens (including phenoxy) is 3. The summed E-state index contributed by atoms with van der Waals surface area (Å²) in [5, 5.41) is 0. The van der Waals surface area contributed by atoms with Crippen LogP contribution in [-0.4, -0.2) is 73.1 Å². The number of hydrogen-bond acceptors (Lipinski definition) is 7. The second kappa shape index (κ2) is 9.54. The molecule has 2 aliphatic heterocycles. The van der Waals surface area contributed by atoms with E-state index in [0.29, 0.717) is 33.9 Å². The topological polar surface area (TPSA) is 51.2 Å². The van der Waals surface area contributed by atoms with Crippen LogP contribution in [0.5, 0.6) is 11.5 Å². The monoisotopic (exact) mass is 408 g/mol. The molecule has 2 saturated heterocycles. The summed E-state index contributed by atoms with van der Waals surface area (Å²) in [5.74, 6) is 1.23. The van der Waals surface area contributed by atoms with Crippen molar-refractivity contribution in [2.24, 2.45) is 0 Å². The van der Waals surface area contributed by atoms with E-state index in [0.717, 1.165) is 38.4 Å². The number of para-hydroxylation sites is 1. The van der Waals surface area contributed by atoms with Crippen LogP contribution < -0.4 is 9.47 Å². The van der Waals surface area contributed by atoms with Crippen molar-refractivity contribution < 1.29 is 19.0 Å². The van der Waals surface area contributed by atoms with Crippen molar-refractivity contribution in [2.75, 3.05) is 53.1 Å². The summed E-state index contributed by atoms with van der Waals surface area (Å²) in [5.41, 5.74) is 0.803. The van der Waals surface area contributed by atoms with Crippen LogP contribution in [0.25, 0.3) is 6.08 Å². The van der Waals surface area contributed by atoms with E-state index in [1.54, 1.807) is 12.0 Å². The molecule has 146 valence electrons. The van der Waals surface area contributed by atoms with Crippen LogP contribution in [0.15, 0.2) is 23.1 Å². The minimum atomic E-state index is -0.0536. The number of rotatable bonds is 7. The van der Waals surface area contributed by atoms with Crippen LogP contribution in [0.3, 0.4) is 0 Å². The maximum absolute atomic E-state index is 12.8. The molecule has 0 aliphatic carbocycles. The third-order valence-electron chi connectivity index (χ3n) is 4.42. The van der Waals surface area contributed by atoms with E-state index in [4.69, 9.17) is 26.4 Å². The third kappa shape index (κ3) is 4.82. The van der Waals surface area contributed by atoms with Crippen molar-refractivity contribution in [1.82, 2.24) is 9.80 Å². The van der Waals surface area contributed by atoms with Gasteiger partial charge >= 0.3 is 0 Å². The summed E-state index contributed by atoms with van der Waals surface area (Å²) in [4.78, 5) is 17.4. The van der Waals surface area contributed by atoms with Crippen LogP contribution in [0.2, 0.25) is 0 Å². The second-order valence-corrected chi connectivity index (χ2v) is 7.77. The molecule has 0 aromatic heterocycles. The summed E-state index contributed by atoms with van der Waals surface area (Å²) in [6.07, 6.45) is 1.83. The molecule has 1 aromatic rings. The number of morpholine rings is 1. The van der Waals surface area contributed by atoms with Crippen molar-refractivity contribution in [2.45, 2.75) is 6.92 Å². The summed E-state index contributed by atoms with van der Waals surface area (Å²) in [6, 6.07) is 5.65. The largest absolute Gasteiger partial charge is 0.492 e. The molecule has 3 rings (SSSR count). The molecular weight excluding hydrogens is 384 g/mol. The Labute approximate surface area is 169 Å². The van der Waals surface area contributed by atoms with Crippen molar-refractivity contribution in [3.05, 3.63) is 28.7 Å². The van der Waals surface area contributed by atoms with E-state index in [2.05, 4.69) is 4.90 Å². The van der Waals surface area contributed by atoms with Gasteiger partial charge in [0.05, 0.1) is 31.8 Å². The Morgan fingerprint density at radius 2 is 2.07 bits per heavy atom. The maximum atomic E-state index is 12.8. The number of thioether (sulfide) groups is 1. The Balaban J connectivity index is 1.73. The van der Waals surface area contributed by atoms with Gasteiger partial charge in [-0.2, -0.15) is 0 Å². The fourth-order valence-electron chi connectivity index (χ4n) is 3.03. The van der Waals surface area contributed by atoms with Gasteiger partial charge in [-0.3, -0.25) is 14.6 Å². The van der Waals surface area contributed by atoms with Crippen molar-refractivity contribution in [3.8, 4) is 11.5 Å². The van der Waals surface area contributed by atoms with Gasteiger partial charge in [-0.25, -0.2) is 0 Å². The van der Waals surface area contributed by atoms with Gasteiger partial charge in [-0.05, 0) is 19.1 Å². The zero-order chi connectivity index (χ0) is 19.2. The highest BCUT2D eigenvalue weighted by molar-refractivity contribution is 8.26. The van der Waals surface area contributed by atoms with Crippen molar-refractivity contribution in [3.63, 3.8) is 0 Å². The highest BCUT2D eigenvalue weighted by Gasteiger charge is 2.32. The first kappa shape index (κ1) is 20.1. The lowest BCUT2D eigenvalue weighted by molar-refractivity contribution is -0.122. The smallest absolute Gasteiger partial charge is 0.266 e. The molecule has 1 amide bonds. The first-order valence-corrected chi connectivity index (χ1v) is 10.2. The van der Waals surface area contributed by atoms with Crippen LogP contribution in [0, 0.1) is 0 Å². The van der Waals surface area contributed by atoms with E-state index in [-0.39, 0.29) is 5.91 Å². The predicted octanol–water partition coefficient (Wildman–Crippen LogP) is 2.63. The molecule has 0 bridgehead atoms. The lowest BCUT2D eigenvalue weighted by Crippen LogP contribution is -2.42. The number of nitrogens with zero attached hydrogens (tertiary/aromatic N) is 2. The fraction of sp³-hybridized carbons (Fsp3) is 0.474. The molecule has 1 aromatic carbocycles. The van der Waals surface area contributed by atoms with Gasteiger partial charge in [-0.15, -0.1) is 0 Å². The zero-order valence-electron chi connectivity index (χ0n) is 15.6. The molecule has 8 heteroatoms. The number of hydrogen-bond donors (Lipinski definition) is 0. The molecule has 2 heterocycles. The van der Waals surface area contributed by atoms with Gasteiger partial charge in [0.2, 0.25) is 0 Å². The normalized spacial score (nSPS) is 19.8. The maximum Gasteiger partial charge on any atom is 0.266 e. The number of amides is 1. The van der Waals surface area contributed by atoms with Crippen LogP contribution in [0.4, 0.5) is 0 Å². The Morgan fingerprint density at radius 1 is 1.30 bits per heavy atom. The number of carbonyl (C=O) groups excluding carboxylic acids is 1. The quantitative estimate of drug-likeness (QED) is 0.508. The molecular formula is C19H24N2O4S2. The van der Waals surface area contributed by atoms with Gasteiger partial charge in [0, 0.05) is 31.7 Å². The van der Waals surface area contributed by atoms with Gasteiger partial charge in [0.15, 0.2) is 11.5 Å². The first-order chi connectivity index (χ1) is 13.1. The Morgan fingerprint density at radius 3 is 2.78 bits per heavy atom. The molecule has 0 unspecified atom stereocenters. The van der Waals surface area contributed by atoms with Gasteiger partial charge in [-0.1, -0.05) is 36.1 Å². The van der Waals surface area contributed by atoms with E-state index >= 15 is 0 Å². The highest BCUT2D eigenvalue weighted by Crippen LogP contribution is 2.37. The number of thiocarbonyl (C=S) groups is 1. The van der Waals surface area contributed by atoms with E-state index < -0.39 is 0 Å². The Bertz CT molecular complexity index is 732. The van der Waals surface area contributed by atoms with Gasteiger partial charge in [0.25, 0.3) is 5.91 Å². The number of methoxy groups -OCH3 is 1. The minimum absolute atomic E-state index is 0.0536. The molecule has 0 atom stereocenters. The van der Waals surface area contributed by atoms with E-state index in [1.807, 2.05) is 31.2 Å². The molecule has 0 spiro atoms. The predicted molar refractivity (Wildman–Crippen MR) is 111 cm³/mol. The number of carbonyl (C=O) groups is 1. The summed E-state index contributed by atoms with van der Waals surface area (Å²) < 4.78 is 17.1. The van der Waals surface area contributed by atoms with Crippen LogP contribution in [0.1, 0.15) is 12.5 Å².